The number of carbonyl (C=O) groups is 1. The van der Waals surface area contributed by atoms with Crippen molar-refractivity contribution in [2.75, 3.05) is 5.23 Å². The van der Waals surface area contributed by atoms with Gasteiger partial charge < -0.3 is 10.2 Å². The third-order valence-electron chi connectivity index (χ3n) is 2.65. The van der Waals surface area contributed by atoms with Crippen molar-refractivity contribution in [3.8, 4) is 11.5 Å². The number of aromatic hydroxyl groups is 1. The van der Waals surface area contributed by atoms with Crippen molar-refractivity contribution >= 4 is 11.5 Å². The Labute approximate surface area is 112 Å². The summed E-state index contributed by atoms with van der Waals surface area (Å²) in [5.41, 5.74) is -1.24. The van der Waals surface area contributed by atoms with Crippen LogP contribution in [0.15, 0.2) is 36.4 Å². The van der Waals surface area contributed by atoms with E-state index in [-0.39, 0.29) is 11.1 Å². The van der Waals surface area contributed by atoms with Crippen LogP contribution in [-0.4, -0.2) is 21.3 Å². The van der Waals surface area contributed by atoms with Crippen LogP contribution in [0.5, 0.6) is 11.5 Å². The lowest BCUT2D eigenvalue weighted by Gasteiger charge is -2.19. The van der Waals surface area contributed by atoms with Crippen LogP contribution in [0.3, 0.4) is 0 Å². The third-order valence-corrected chi connectivity index (χ3v) is 2.65. The molecule has 0 atom stereocenters. The molecule has 0 spiro atoms. The Morgan fingerprint density at radius 3 is 2.45 bits per heavy atom. The Kier molecular flexibility index (Phi) is 3.55. The van der Waals surface area contributed by atoms with Crippen molar-refractivity contribution in [1.82, 2.24) is 0 Å². The Hall–Kier alpha value is -2.64. The molecule has 0 bridgehead atoms. The highest BCUT2D eigenvalue weighted by molar-refractivity contribution is 6.10. The molecule has 0 unspecified atom stereocenters. The lowest BCUT2D eigenvalue weighted by Crippen LogP contribution is -2.15. The van der Waals surface area contributed by atoms with E-state index in [2.05, 4.69) is 0 Å². The first kappa shape index (κ1) is 13.8. The molecule has 2 aromatic rings. The minimum Gasteiger partial charge on any atom is -0.868 e. The topological polar surface area (TPSA) is 104 Å². The van der Waals surface area contributed by atoms with Crippen molar-refractivity contribution in [2.24, 2.45) is 0 Å². The average Bonchev–Trinajstić information content (AvgIpc) is 2.41. The average molecular weight is 278 g/mol. The predicted octanol–water partition coefficient (Wildman–Crippen LogP) is 1.42. The fourth-order valence-corrected chi connectivity index (χ4v) is 1.68. The molecule has 104 valence electrons. The number of ketones is 1. The Balaban J connectivity index is 2.54. The molecular weight excluding hydrogens is 269 g/mol. The normalized spacial score (nSPS) is 10.3. The van der Waals surface area contributed by atoms with Crippen LogP contribution in [0.4, 0.5) is 10.1 Å². The summed E-state index contributed by atoms with van der Waals surface area (Å²) in [5, 5.41) is 38.0. The summed E-state index contributed by atoms with van der Waals surface area (Å²) in [6.45, 7) is 0. The van der Waals surface area contributed by atoms with Gasteiger partial charge in [-0.1, -0.05) is 12.1 Å². The van der Waals surface area contributed by atoms with Gasteiger partial charge in [0.05, 0.1) is 11.3 Å². The largest absolute Gasteiger partial charge is 0.868 e. The summed E-state index contributed by atoms with van der Waals surface area (Å²) in [4.78, 5) is 12.1. The first-order valence-electron chi connectivity index (χ1n) is 5.43. The van der Waals surface area contributed by atoms with E-state index in [1.807, 2.05) is 0 Å². The standard InChI is InChI=1S/C13H10FNO5/c14-9-4-2-1-3-8(9)12(17)7-5-10(15(19)20)13(18)11(16)6-7/h1-6,16,18-20H/p-1. The lowest BCUT2D eigenvalue weighted by molar-refractivity contribution is -0.270. The smallest absolute Gasteiger partial charge is 0.196 e. The van der Waals surface area contributed by atoms with E-state index in [0.29, 0.717) is 0 Å². The maximum atomic E-state index is 13.5. The number of nitrogens with zero attached hydrogens (tertiary/aromatic N) is 1. The summed E-state index contributed by atoms with van der Waals surface area (Å²) in [6.07, 6.45) is 0. The lowest BCUT2D eigenvalue weighted by atomic mass is 10.0. The zero-order valence-corrected chi connectivity index (χ0v) is 9.95. The number of rotatable bonds is 3. The summed E-state index contributed by atoms with van der Waals surface area (Å²) in [5.74, 6) is -3.49. The van der Waals surface area contributed by atoms with E-state index < -0.39 is 34.0 Å². The first-order chi connectivity index (χ1) is 9.41. The van der Waals surface area contributed by atoms with E-state index in [1.165, 1.54) is 18.2 Å². The zero-order valence-electron chi connectivity index (χ0n) is 9.95. The Bertz CT molecular complexity index is 672. The molecule has 2 rings (SSSR count). The van der Waals surface area contributed by atoms with E-state index in [1.54, 1.807) is 0 Å². The monoisotopic (exact) mass is 278 g/mol. The quantitative estimate of drug-likeness (QED) is 0.579. The van der Waals surface area contributed by atoms with Gasteiger partial charge in [-0.05, 0) is 30.0 Å². The number of benzene rings is 2. The van der Waals surface area contributed by atoms with Crippen LogP contribution in [0, 0.1) is 5.82 Å². The second kappa shape index (κ2) is 5.16. The molecule has 6 nitrogen and oxygen atoms in total. The van der Waals surface area contributed by atoms with Crippen LogP contribution in [-0.2, 0) is 0 Å². The molecule has 0 aliphatic heterocycles. The summed E-state index contributed by atoms with van der Waals surface area (Å²) < 4.78 is 13.5. The maximum absolute atomic E-state index is 13.5. The molecule has 0 aliphatic carbocycles. The number of phenols is 1. The molecule has 0 fully saturated rings. The molecule has 20 heavy (non-hydrogen) atoms. The van der Waals surface area contributed by atoms with Gasteiger partial charge in [-0.2, -0.15) is 0 Å². The summed E-state index contributed by atoms with van der Waals surface area (Å²) in [6, 6.07) is 6.85. The molecule has 0 amide bonds. The summed E-state index contributed by atoms with van der Waals surface area (Å²) >= 11 is 0. The van der Waals surface area contributed by atoms with Gasteiger partial charge in [-0.3, -0.25) is 15.2 Å². The molecule has 0 saturated heterocycles. The fraction of sp³-hybridized carbons (Fsp3) is 0. The maximum Gasteiger partial charge on any atom is 0.196 e. The van der Waals surface area contributed by atoms with Crippen molar-refractivity contribution in [3.63, 3.8) is 0 Å². The van der Waals surface area contributed by atoms with Crippen molar-refractivity contribution in [1.29, 1.82) is 0 Å². The third kappa shape index (κ3) is 2.40. The van der Waals surface area contributed by atoms with Gasteiger partial charge in [0.1, 0.15) is 11.6 Å². The van der Waals surface area contributed by atoms with Crippen LogP contribution in [0.1, 0.15) is 15.9 Å². The van der Waals surface area contributed by atoms with Gasteiger partial charge >= 0.3 is 0 Å². The SMILES string of the molecule is O=C(c1cc(O)c([O-])c(N(O)O)c1)c1ccccc1F. The van der Waals surface area contributed by atoms with Crippen LogP contribution in [0.2, 0.25) is 0 Å². The molecule has 3 N–H and O–H groups in total. The molecule has 0 aliphatic rings. The van der Waals surface area contributed by atoms with Gasteiger partial charge in [-0.25, -0.2) is 4.39 Å². The van der Waals surface area contributed by atoms with Crippen LogP contribution in [0.25, 0.3) is 0 Å². The number of carbonyl (C=O) groups excluding carboxylic acids is 1. The fourth-order valence-electron chi connectivity index (χ4n) is 1.68. The van der Waals surface area contributed by atoms with E-state index in [4.69, 9.17) is 10.4 Å². The minimum atomic E-state index is -1.07. The zero-order chi connectivity index (χ0) is 14.9. The molecule has 0 radical (unpaired) electrons. The number of hydrogen-bond donors (Lipinski definition) is 3. The molecular formula is C13H9FNO5-. The van der Waals surface area contributed by atoms with Crippen molar-refractivity contribution < 1.29 is 29.8 Å². The molecule has 0 saturated carbocycles. The van der Waals surface area contributed by atoms with Crippen molar-refractivity contribution in [3.05, 3.63) is 53.3 Å². The van der Waals surface area contributed by atoms with Crippen LogP contribution < -0.4 is 10.3 Å². The highest BCUT2D eigenvalue weighted by atomic mass is 19.1. The van der Waals surface area contributed by atoms with E-state index >= 15 is 0 Å². The van der Waals surface area contributed by atoms with Gasteiger partial charge in [0.2, 0.25) is 0 Å². The van der Waals surface area contributed by atoms with Gasteiger partial charge in [0.25, 0.3) is 0 Å². The second-order valence-corrected chi connectivity index (χ2v) is 3.94. The molecule has 0 heterocycles. The Morgan fingerprint density at radius 2 is 1.85 bits per heavy atom. The second-order valence-electron chi connectivity index (χ2n) is 3.94. The van der Waals surface area contributed by atoms with Gasteiger partial charge in [0.15, 0.2) is 5.78 Å². The predicted molar refractivity (Wildman–Crippen MR) is 63.4 cm³/mol. The molecule has 2 aromatic carbocycles. The molecule has 7 heteroatoms. The number of halogens is 1. The number of phenolic OH excluding ortho intramolecular Hbond substituents is 1. The Morgan fingerprint density at radius 1 is 1.20 bits per heavy atom. The first-order valence-corrected chi connectivity index (χ1v) is 5.43. The highest BCUT2D eigenvalue weighted by Gasteiger charge is 2.17. The van der Waals surface area contributed by atoms with Crippen molar-refractivity contribution in [2.45, 2.75) is 0 Å². The summed E-state index contributed by atoms with van der Waals surface area (Å²) in [7, 11) is 0. The number of anilines is 1. The molecule has 0 aromatic heterocycles. The minimum absolute atomic E-state index is 0.254. The van der Waals surface area contributed by atoms with Crippen LogP contribution >= 0.6 is 0 Å². The van der Waals surface area contributed by atoms with Gasteiger partial charge in [-0.15, -0.1) is 5.23 Å². The highest BCUT2D eigenvalue weighted by Crippen LogP contribution is 2.34. The number of hydrogen-bond acceptors (Lipinski definition) is 6. The van der Waals surface area contributed by atoms with E-state index in [9.17, 15) is 19.4 Å². The van der Waals surface area contributed by atoms with Gasteiger partial charge in [0, 0.05) is 5.56 Å². The van der Waals surface area contributed by atoms with E-state index in [0.717, 1.165) is 18.2 Å².